The zero-order valence-corrected chi connectivity index (χ0v) is 16.0. The van der Waals surface area contributed by atoms with Crippen LogP contribution in [-0.2, 0) is 21.0 Å². The number of benzene rings is 2. The van der Waals surface area contributed by atoms with Gasteiger partial charge in [-0.05, 0) is 18.1 Å². The first-order valence-electron chi connectivity index (χ1n) is 9.07. The molecule has 2 aliphatic heterocycles. The van der Waals surface area contributed by atoms with E-state index in [1.54, 1.807) is 18.9 Å². The number of nitrogens with one attached hydrogen (secondary N) is 1. The molecule has 0 unspecified atom stereocenters. The molecule has 0 saturated carbocycles. The molecule has 2 fully saturated rings. The maximum atomic E-state index is 12.9. The lowest BCUT2D eigenvalue weighted by molar-refractivity contribution is -0.138. The molecule has 0 spiro atoms. The third-order valence-corrected chi connectivity index (χ3v) is 6.90. The number of para-hydroxylation sites is 1. The molecule has 4 rings (SSSR count). The van der Waals surface area contributed by atoms with Crippen LogP contribution in [0.3, 0.4) is 0 Å². The van der Waals surface area contributed by atoms with E-state index in [1.807, 2.05) is 59.5 Å². The highest BCUT2D eigenvalue weighted by Crippen LogP contribution is 2.54. The van der Waals surface area contributed by atoms with Gasteiger partial charge < -0.3 is 15.0 Å². The van der Waals surface area contributed by atoms with Crippen LogP contribution in [0.5, 0.6) is 5.75 Å². The van der Waals surface area contributed by atoms with Gasteiger partial charge in [-0.2, -0.15) is 0 Å². The van der Waals surface area contributed by atoms with E-state index < -0.39 is 10.9 Å². The van der Waals surface area contributed by atoms with Gasteiger partial charge in [-0.3, -0.25) is 9.59 Å². The number of hydrogen-bond acceptors (Lipinski definition) is 4. The summed E-state index contributed by atoms with van der Waals surface area (Å²) in [4.78, 5) is 27.0. The molecule has 2 aromatic carbocycles. The zero-order valence-electron chi connectivity index (χ0n) is 15.2. The Morgan fingerprint density at radius 3 is 2.74 bits per heavy atom. The Kier molecular flexibility index (Phi) is 4.83. The van der Waals surface area contributed by atoms with Crippen LogP contribution < -0.4 is 10.1 Å². The SMILES string of the molecule is COc1ccccc1CNC(=O)[C@H]1CS[C@@]2(c3ccccc3)CCC(=O)N12. The number of rotatable bonds is 5. The van der Waals surface area contributed by atoms with Crippen molar-refractivity contribution in [2.24, 2.45) is 0 Å². The van der Waals surface area contributed by atoms with E-state index in [0.717, 1.165) is 23.3 Å². The van der Waals surface area contributed by atoms with Gasteiger partial charge in [-0.1, -0.05) is 48.5 Å². The maximum Gasteiger partial charge on any atom is 0.244 e. The second-order valence-electron chi connectivity index (χ2n) is 6.77. The van der Waals surface area contributed by atoms with Crippen LogP contribution in [-0.4, -0.2) is 35.6 Å². The van der Waals surface area contributed by atoms with Crippen LogP contribution in [0.1, 0.15) is 24.0 Å². The van der Waals surface area contributed by atoms with Crippen molar-refractivity contribution in [2.75, 3.05) is 12.9 Å². The van der Waals surface area contributed by atoms with E-state index in [9.17, 15) is 9.59 Å². The summed E-state index contributed by atoms with van der Waals surface area (Å²) in [7, 11) is 1.62. The molecule has 140 valence electrons. The average molecular weight is 382 g/mol. The van der Waals surface area contributed by atoms with Crippen molar-refractivity contribution in [1.82, 2.24) is 10.2 Å². The molecule has 0 aromatic heterocycles. The molecule has 0 bridgehead atoms. The van der Waals surface area contributed by atoms with E-state index in [1.165, 1.54) is 0 Å². The van der Waals surface area contributed by atoms with Gasteiger partial charge in [0, 0.05) is 24.3 Å². The third kappa shape index (κ3) is 3.08. The summed E-state index contributed by atoms with van der Waals surface area (Å²) in [6.45, 7) is 0.379. The second-order valence-corrected chi connectivity index (χ2v) is 8.07. The smallest absolute Gasteiger partial charge is 0.244 e. The minimum absolute atomic E-state index is 0.0568. The molecular weight excluding hydrogens is 360 g/mol. The van der Waals surface area contributed by atoms with E-state index in [0.29, 0.717) is 18.7 Å². The molecule has 2 amide bonds. The quantitative estimate of drug-likeness (QED) is 0.864. The lowest BCUT2D eigenvalue weighted by Crippen LogP contribution is -2.49. The minimum Gasteiger partial charge on any atom is -0.496 e. The summed E-state index contributed by atoms with van der Waals surface area (Å²) in [6, 6.07) is 17.2. The highest BCUT2D eigenvalue weighted by atomic mass is 32.2. The summed E-state index contributed by atoms with van der Waals surface area (Å²) in [5, 5.41) is 2.99. The van der Waals surface area contributed by atoms with Gasteiger partial charge in [0.15, 0.2) is 0 Å². The Hall–Kier alpha value is -2.47. The largest absolute Gasteiger partial charge is 0.496 e. The lowest BCUT2D eigenvalue weighted by Gasteiger charge is -2.34. The summed E-state index contributed by atoms with van der Waals surface area (Å²) in [6.07, 6.45) is 1.23. The highest BCUT2D eigenvalue weighted by molar-refractivity contribution is 8.00. The predicted molar refractivity (Wildman–Crippen MR) is 105 cm³/mol. The number of nitrogens with zero attached hydrogens (tertiary/aromatic N) is 1. The minimum atomic E-state index is -0.445. The van der Waals surface area contributed by atoms with Gasteiger partial charge in [-0.15, -0.1) is 11.8 Å². The maximum absolute atomic E-state index is 12.9. The van der Waals surface area contributed by atoms with Crippen molar-refractivity contribution in [2.45, 2.75) is 30.3 Å². The number of amides is 2. The molecule has 5 nitrogen and oxygen atoms in total. The molecule has 0 aliphatic carbocycles. The molecule has 1 N–H and O–H groups in total. The molecule has 0 radical (unpaired) electrons. The van der Waals surface area contributed by atoms with Crippen molar-refractivity contribution < 1.29 is 14.3 Å². The van der Waals surface area contributed by atoms with Crippen molar-refractivity contribution >= 4 is 23.6 Å². The number of thioether (sulfide) groups is 1. The molecule has 6 heteroatoms. The number of carbonyl (C=O) groups is 2. The fourth-order valence-electron chi connectivity index (χ4n) is 3.98. The number of fused-ring (bicyclic) bond motifs is 1. The Morgan fingerprint density at radius 2 is 1.96 bits per heavy atom. The fourth-order valence-corrected chi connectivity index (χ4v) is 5.64. The van der Waals surface area contributed by atoms with E-state index in [-0.39, 0.29) is 11.8 Å². The van der Waals surface area contributed by atoms with Gasteiger partial charge in [0.1, 0.15) is 16.7 Å². The Bertz CT molecular complexity index is 858. The van der Waals surface area contributed by atoms with Crippen molar-refractivity contribution in [3.05, 3.63) is 65.7 Å². The monoisotopic (exact) mass is 382 g/mol. The number of hydrogen-bond donors (Lipinski definition) is 1. The first-order valence-corrected chi connectivity index (χ1v) is 10.1. The van der Waals surface area contributed by atoms with Crippen molar-refractivity contribution in [1.29, 1.82) is 0 Å². The normalized spacial score (nSPS) is 24.0. The molecule has 27 heavy (non-hydrogen) atoms. The summed E-state index contributed by atoms with van der Waals surface area (Å²) < 4.78 is 5.34. The van der Waals surface area contributed by atoms with E-state index in [4.69, 9.17) is 4.74 Å². The Morgan fingerprint density at radius 1 is 1.22 bits per heavy atom. The predicted octanol–water partition coefficient (Wildman–Crippen LogP) is 2.90. The Balaban J connectivity index is 1.53. The van der Waals surface area contributed by atoms with Gasteiger partial charge in [0.2, 0.25) is 11.8 Å². The third-order valence-electron chi connectivity index (χ3n) is 5.30. The lowest BCUT2D eigenvalue weighted by atomic mass is 10.0. The molecular formula is C21H22N2O3S. The van der Waals surface area contributed by atoms with Crippen molar-refractivity contribution in [3.8, 4) is 5.75 Å². The van der Waals surface area contributed by atoms with Crippen LogP contribution in [0.4, 0.5) is 0 Å². The molecule has 2 aromatic rings. The summed E-state index contributed by atoms with van der Waals surface area (Å²) in [5.41, 5.74) is 2.02. The van der Waals surface area contributed by atoms with Crippen LogP contribution in [0.25, 0.3) is 0 Å². The first-order chi connectivity index (χ1) is 13.2. The molecule has 2 heterocycles. The second kappa shape index (κ2) is 7.27. The molecule has 2 saturated heterocycles. The molecule has 2 aliphatic rings. The topological polar surface area (TPSA) is 58.6 Å². The van der Waals surface area contributed by atoms with E-state index >= 15 is 0 Å². The van der Waals surface area contributed by atoms with Crippen LogP contribution >= 0.6 is 11.8 Å². The average Bonchev–Trinajstić information content (AvgIpc) is 3.26. The van der Waals surface area contributed by atoms with Gasteiger partial charge in [0.25, 0.3) is 0 Å². The number of methoxy groups -OCH3 is 1. The van der Waals surface area contributed by atoms with Gasteiger partial charge in [-0.25, -0.2) is 0 Å². The fraction of sp³-hybridized carbons (Fsp3) is 0.333. The summed E-state index contributed by atoms with van der Waals surface area (Å²) in [5.74, 6) is 1.30. The van der Waals surface area contributed by atoms with Crippen LogP contribution in [0, 0.1) is 0 Å². The van der Waals surface area contributed by atoms with Crippen LogP contribution in [0.2, 0.25) is 0 Å². The standard InChI is InChI=1S/C21H22N2O3S/c1-26-18-10-6-5-7-15(18)13-22-20(25)17-14-27-21(12-11-19(24)23(17)21)16-8-3-2-4-9-16/h2-10,17H,11-14H2,1H3,(H,22,25)/t17-,21-/m1/s1. The summed E-state index contributed by atoms with van der Waals surface area (Å²) >= 11 is 1.70. The van der Waals surface area contributed by atoms with Crippen molar-refractivity contribution in [3.63, 3.8) is 0 Å². The zero-order chi connectivity index (χ0) is 18.9. The Labute approximate surface area is 163 Å². The highest BCUT2D eigenvalue weighted by Gasteiger charge is 2.56. The molecule has 2 atom stereocenters. The van der Waals surface area contributed by atoms with E-state index in [2.05, 4.69) is 5.32 Å². The van der Waals surface area contributed by atoms with Gasteiger partial charge >= 0.3 is 0 Å². The van der Waals surface area contributed by atoms with Gasteiger partial charge in [0.05, 0.1) is 7.11 Å². The number of carbonyl (C=O) groups excluding carboxylic acids is 2. The first kappa shape index (κ1) is 17.9. The van der Waals surface area contributed by atoms with Crippen LogP contribution in [0.15, 0.2) is 54.6 Å². The number of ether oxygens (including phenoxy) is 1.